The van der Waals surface area contributed by atoms with Gasteiger partial charge < -0.3 is 15.0 Å². The van der Waals surface area contributed by atoms with E-state index in [4.69, 9.17) is 10.5 Å². The molecule has 1 aliphatic heterocycles. The van der Waals surface area contributed by atoms with E-state index < -0.39 is 0 Å². The summed E-state index contributed by atoms with van der Waals surface area (Å²) < 4.78 is 6.94. The Morgan fingerprint density at radius 3 is 2.90 bits per heavy atom. The number of hydrogen-bond acceptors (Lipinski definition) is 3. The van der Waals surface area contributed by atoms with Gasteiger partial charge in [-0.25, -0.2) is 4.98 Å². The van der Waals surface area contributed by atoms with E-state index in [0.717, 1.165) is 13.2 Å². The molecule has 1 saturated heterocycles. The average Bonchev–Trinajstić information content (AvgIpc) is 2.12. The number of anilines is 1. The molecule has 0 aliphatic carbocycles. The molecular formula is C6H9N3O. The van der Waals surface area contributed by atoms with Crippen LogP contribution in [0.4, 0.5) is 5.82 Å². The standard InChI is InChI=1S/C6H9N3O/c7-6-1-8-4-9(6)5-2-10-3-5/h1,4-5H,2-3,7H2. The number of nitrogen functional groups attached to an aromatic ring is 1. The van der Waals surface area contributed by atoms with Crippen molar-refractivity contribution < 1.29 is 4.74 Å². The smallest absolute Gasteiger partial charge is 0.123 e. The van der Waals surface area contributed by atoms with Crippen molar-refractivity contribution in [3.05, 3.63) is 12.5 Å². The summed E-state index contributed by atoms with van der Waals surface area (Å²) in [6.07, 6.45) is 3.39. The lowest BCUT2D eigenvalue weighted by Crippen LogP contribution is -2.30. The predicted molar refractivity (Wildman–Crippen MR) is 36.5 cm³/mol. The van der Waals surface area contributed by atoms with Crippen molar-refractivity contribution in [1.29, 1.82) is 0 Å². The van der Waals surface area contributed by atoms with Crippen LogP contribution >= 0.6 is 0 Å². The van der Waals surface area contributed by atoms with E-state index in [1.54, 1.807) is 12.5 Å². The van der Waals surface area contributed by atoms with Crippen molar-refractivity contribution in [3.63, 3.8) is 0 Å². The van der Waals surface area contributed by atoms with E-state index in [-0.39, 0.29) is 0 Å². The molecule has 0 bridgehead atoms. The summed E-state index contributed by atoms with van der Waals surface area (Å²) in [5.74, 6) is 0.716. The molecule has 0 amide bonds. The number of rotatable bonds is 1. The predicted octanol–water partition coefficient (Wildman–Crippen LogP) is 0.0366. The number of imidazole rings is 1. The number of nitrogens with two attached hydrogens (primary N) is 1. The zero-order valence-electron chi connectivity index (χ0n) is 5.53. The minimum absolute atomic E-state index is 0.419. The summed E-state index contributed by atoms with van der Waals surface area (Å²) in [5.41, 5.74) is 5.60. The number of nitrogens with zero attached hydrogens (tertiary/aromatic N) is 2. The third-order valence-electron chi connectivity index (χ3n) is 1.71. The van der Waals surface area contributed by atoms with Crippen molar-refractivity contribution in [3.8, 4) is 0 Å². The molecule has 1 fully saturated rings. The molecule has 0 aromatic carbocycles. The Morgan fingerprint density at radius 1 is 1.70 bits per heavy atom. The normalized spacial score (nSPS) is 18.8. The lowest BCUT2D eigenvalue weighted by atomic mass is 10.2. The molecule has 0 radical (unpaired) electrons. The van der Waals surface area contributed by atoms with Gasteiger partial charge in [-0.05, 0) is 0 Å². The topological polar surface area (TPSA) is 53.1 Å². The van der Waals surface area contributed by atoms with Gasteiger partial charge in [0.05, 0.1) is 31.8 Å². The highest BCUT2D eigenvalue weighted by Gasteiger charge is 2.20. The molecule has 0 unspecified atom stereocenters. The minimum atomic E-state index is 0.419. The van der Waals surface area contributed by atoms with E-state index >= 15 is 0 Å². The van der Waals surface area contributed by atoms with Gasteiger partial charge in [0.15, 0.2) is 0 Å². The maximum absolute atomic E-state index is 5.60. The van der Waals surface area contributed by atoms with Crippen LogP contribution in [0.3, 0.4) is 0 Å². The SMILES string of the molecule is Nc1cncn1C1COC1. The van der Waals surface area contributed by atoms with Crippen LogP contribution < -0.4 is 5.73 Å². The van der Waals surface area contributed by atoms with Crippen LogP contribution in [0.15, 0.2) is 12.5 Å². The van der Waals surface area contributed by atoms with Crippen molar-refractivity contribution >= 4 is 5.82 Å². The number of ether oxygens (including phenoxy) is 1. The fourth-order valence-electron chi connectivity index (χ4n) is 1.00. The minimum Gasteiger partial charge on any atom is -0.384 e. The first-order valence-electron chi connectivity index (χ1n) is 3.23. The van der Waals surface area contributed by atoms with Gasteiger partial charge in [0, 0.05) is 0 Å². The summed E-state index contributed by atoms with van der Waals surface area (Å²) in [7, 11) is 0. The number of hydrogen-bond donors (Lipinski definition) is 1. The highest BCUT2D eigenvalue weighted by atomic mass is 16.5. The molecule has 1 aromatic heterocycles. The van der Waals surface area contributed by atoms with Crippen molar-refractivity contribution in [1.82, 2.24) is 9.55 Å². The van der Waals surface area contributed by atoms with Crippen LogP contribution in [0.25, 0.3) is 0 Å². The second kappa shape index (κ2) is 1.98. The van der Waals surface area contributed by atoms with Crippen LogP contribution in [0.2, 0.25) is 0 Å². The Hall–Kier alpha value is -1.03. The number of aromatic nitrogens is 2. The first kappa shape index (κ1) is 5.73. The Balaban J connectivity index is 2.23. The average molecular weight is 139 g/mol. The zero-order valence-corrected chi connectivity index (χ0v) is 5.53. The fourth-order valence-corrected chi connectivity index (χ4v) is 1.00. The van der Waals surface area contributed by atoms with E-state index in [1.807, 2.05) is 4.57 Å². The Morgan fingerprint density at radius 2 is 2.50 bits per heavy atom. The second-order valence-corrected chi connectivity index (χ2v) is 2.42. The van der Waals surface area contributed by atoms with E-state index in [1.165, 1.54) is 0 Å². The van der Waals surface area contributed by atoms with Gasteiger partial charge in [-0.3, -0.25) is 0 Å². The monoisotopic (exact) mass is 139 g/mol. The molecule has 4 heteroatoms. The Kier molecular flexibility index (Phi) is 1.14. The second-order valence-electron chi connectivity index (χ2n) is 2.42. The summed E-state index contributed by atoms with van der Waals surface area (Å²) in [6, 6.07) is 0.419. The van der Waals surface area contributed by atoms with E-state index in [0.29, 0.717) is 11.9 Å². The molecule has 0 saturated carbocycles. The first-order chi connectivity index (χ1) is 4.88. The lowest BCUT2D eigenvalue weighted by molar-refractivity contribution is -0.0224. The zero-order chi connectivity index (χ0) is 6.97. The summed E-state index contributed by atoms with van der Waals surface area (Å²) in [6.45, 7) is 1.53. The van der Waals surface area contributed by atoms with Gasteiger partial charge in [-0.1, -0.05) is 0 Å². The molecule has 1 aliphatic rings. The molecule has 0 spiro atoms. The van der Waals surface area contributed by atoms with Gasteiger partial charge >= 0.3 is 0 Å². The maximum atomic E-state index is 5.60. The summed E-state index contributed by atoms with van der Waals surface area (Å²) in [4.78, 5) is 3.91. The molecular weight excluding hydrogens is 130 g/mol. The van der Waals surface area contributed by atoms with Crippen molar-refractivity contribution in [2.75, 3.05) is 18.9 Å². The van der Waals surface area contributed by atoms with Crippen LogP contribution in [0.1, 0.15) is 6.04 Å². The maximum Gasteiger partial charge on any atom is 0.123 e. The molecule has 10 heavy (non-hydrogen) atoms. The molecule has 54 valence electrons. The van der Waals surface area contributed by atoms with Gasteiger partial charge in [0.2, 0.25) is 0 Å². The quantitative estimate of drug-likeness (QED) is 0.597. The van der Waals surface area contributed by atoms with Gasteiger partial charge in [0.1, 0.15) is 5.82 Å². The molecule has 0 atom stereocenters. The van der Waals surface area contributed by atoms with Gasteiger partial charge in [0.25, 0.3) is 0 Å². The molecule has 1 aromatic rings. The van der Waals surface area contributed by atoms with Crippen molar-refractivity contribution in [2.45, 2.75) is 6.04 Å². The molecule has 4 nitrogen and oxygen atoms in total. The van der Waals surface area contributed by atoms with E-state index in [9.17, 15) is 0 Å². The molecule has 2 heterocycles. The lowest BCUT2D eigenvalue weighted by Gasteiger charge is -2.27. The fraction of sp³-hybridized carbons (Fsp3) is 0.500. The van der Waals surface area contributed by atoms with Crippen LogP contribution in [-0.4, -0.2) is 22.8 Å². The summed E-state index contributed by atoms with van der Waals surface area (Å²) in [5, 5.41) is 0. The largest absolute Gasteiger partial charge is 0.384 e. The van der Waals surface area contributed by atoms with E-state index in [2.05, 4.69) is 4.98 Å². The summed E-state index contributed by atoms with van der Waals surface area (Å²) >= 11 is 0. The van der Waals surface area contributed by atoms with Gasteiger partial charge in [-0.2, -0.15) is 0 Å². The van der Waals surface area contributed by atoms with Gasteiger partial charge in [-0.15, -0.1) is 0 Å². The molecule has 2 rings (SSSR count). The highest BCUT2D eigenvalue weighted by Crippen LogP contribution is 2.19. The third kappa shape index (κ3) is 0.690. The van der Waals surface area contributed by atoms with Crippen LogP contribution in [-0.2, 0) is 4.74 Å². The molecule has 2 N–H and O–H groups in total. The Labute approximate surface area is 58.6 Å². The van der Waals surface area contributed by atoms with Crippen molar-refractivity contribution in [2.24, 2.45) is 0 Å². The Bertz CT molecular complexity index is 229. The third-order valence-corrected chi connectivity index (χ3v) is 1.71. The van der Waals surface area contributed by atoms with Crippen LogP contribution in [0.5, 0.6) is 0 Å². The highest BCUT2D eigenvalue weighted by molar-refractivity contribution is 5.25. The van der Waals surface area contributed by atoms with Crippen LogP contribution in [0, 0.1) is 0 Å². The first-order valence-corrected chi connectivity index (χ1v) is 3.23.